The molecule has 0 aliphatic carbocycles. The van der Waals surface area contributed by atoms with Crippen molar-refractivity contribution in [2.24, 2.45) is 0 Å². The van der Waals surface area contributed by atoms with Gasteiger partial charge >= 0.3 is 0 Å². The summed E-state index contributed by atoms with van der Waals surface area (Å²) in [5, 5.41) is 11.6. The zero-order chi connectivity index (χ0) is 13.2. The Labute approximate surface area is 114 Å². The molecule has 1 heterocycles. The highest BCUT2D eigenvalue weighted by molar-refractivity contribution is 6.31. The first kappa shape index (κ1) is 12.0. The number of fused-ring (bicyclic) bond motifs is 1. The summed E-state index contributed by atoms with van der Waals surface area (Å²) in [4.78, 5) is 0. The van der Waals surface area contributed by atoms with Crippen LogP contribution in [0.3, 0.4) is 0 Å². The molecule has 0 saturated heterocycles. The summed E-state index contributed by atoms with van der Waals surface area (Å²) in [6, 6.07) is 10.3. The van der Waals surface area contributed by atoms with E-state index in [1.54, 1.807) is 12.3 Å². The van der Waals surface area contributed by atoms with Crippen molar-refractivity contribution >= 4 is 28.2 Å². The van der Waals surface area contributed by atoms with Gasteiger partial charge in [-0.05, 0) is 29.8 Å². The van der Waals surface area contributed by atoms with E-state index in [1.807, 2.05) is 18.2 Å². The quantitative estimate of drug-likeness (QED) is 0.759. The predicted octanol–water partition coefficient (Wildman–Crippen LogP) is 3.97. The van der Waals surface area contributed by atoms with Gasteiger partial charge in [-0.3, -0.25) is 5.10 Å². The number of halogens is 2. The molecule has 0 atom stereocenters. The molecule has 0 aliphatic rings. The second kappa shape index (κ2) is 4.90. The fourth-order valence-electron chi connectivity index (χ4n) is 1.98. The van der Waals surface area contributed by atoms with Crippen molar-refractivity contribution in [1.29, 1.82) is 0 Å². The molecule has 1 aromatic heterocycles. The molecule has 96 valence electrons. The van der Waals surface area contributed by atoms with E-state index in [0.717, 1.165) is 22.2 Å². The Morgan fingerprint density at radius 1 is 1.26 bits per heavy atom. The van der Waals surface area contributed by atoms with Gasteiger partial charge in [0.05, 0.1) is 11.7 Å². The molecule has 0 radical (unpaired) electrons. The van der Waals surface area contributed by atoms with E-state index in [9.17, 15) is 4.39 Å². The Bertz CT molecular complexity index is 724. The maximum Gasteiger partial charge on any atom is 0.124 e. The van der Waals surface area contributed by atoms with E-state index in [4.69, 9.17) is 11.6 Å². The fourth-order valence-corrected chi connectivity index (χ4v) is 2.21. The van der Waals surface area contributed by atoms with Gasteiger partial charge in [-0.15, -0.1) is 0 Å². The molecule has 3 rings (SSSR count). The molecule has 0 fully saturated rings. The standard InChI is InChI=1S/C14H11ClFN3/c15-12-6-10(16)5-4-9(12)7-17-13-2-1-3-14-11(13)8-18-19-14/h1-6,8,17H,7H2,(H,18,19). The molecule has 2 aromatic carbocycles. The van der Waals surface area contributed by atoms with Gasteiger partial charge in [0.2, 0.25) is 0 Å². The minimum Gasteiger partial charge on any atom is -0.380 e. The second-order valence-corrected chi connectivity index (χ2v) is 4.63. The third kappa shape index (κ3) is 2.39. The van der Waals surface area contributed by atoms with Crippen LogP contribution in [0.15, 0.2) is 42.6 Å². The van der Waals surface area contributed by atoms with Gasteiger partial charge in [-0.25, -0.2) is 4.39 Å². The molecule has 0 aliphatic heterocycles. The Hall–Kier alpha value is -2.07. The highest BCUT2D eigenvalue weighted by Crippen LogP contribution is 2.23. The lowest BCUT2D eigenvalue weighted by atomic mass is 10.2. The number of nitrogens with zero attached hydrogens (tertiary/aromatic N) is 1. The van der Waals surface area contributed by atoms with Crippen LogP contribution in [0.25, 0.3) is 10.9 Å². The summed E-state index contributed by atoms with van der Waals surface area (Å²) in [6.07, 6.45) is 1.77. The molecule has 0 unspecified atom stereocenters. The Balaban J connectivity index is 1.84. The van der Waals surface area contributed by atoms with E-state index >= 15 is 0 Å². The number of hydrogen-bond acceptors (Lipinski definition) is 2. The second-order valence-electron chi connectivity index (χ2n) is 4.23. The normalized spacial score (nSPS) is 10.8. The van der Waals surface area contributed by atoms with Crippen LogP contribution in [0.1, 0.15) is 5.56 Å². The molecule has 2 N–H and O–H groups in total. The van der Waals surface area contributed by atoms with Crippen molar-refractivity contribution in [2.75, 3.05) is 5.32 Å². The largest absolute Gasteiger partial charge is 0.380 e. The van der Waals surface area contributed by atoms with Gasteiger partial charge in [0.15, 0.2) is 0 Å². The van der Waals surface area contributed by atoms with Crippen LogP contribution in [0, 0.1) is 5.82 Å². The first-order valence-electron chi connectivity index (χ1n) is 5.84. The lowest BCUT2D eigenvalue weighted by Crippen LogP contribution is -2.00. The number of aromatic nitrogens is 2. The van der Waals surface area contributed by atoms with Crippen molar-refractivity contribution < 1.29 is 4.39 Å². The third-order valence-electron chi connectivity index (χ3n) is 2.97. The molecule has 0 spiro atoms. The summed E-state index contributed by atoms with van der Waals surface area (Å²) >= 11 is 5.99. The van der Waals surface area contributed by atoms with E-state index in [-0.39, 0.29) is 5.82 Å². The first-order valence-corrected chi connectivity index (χ1v) is 6.22. The molecular weight excluding hydrogens is 265 g/mol. The van der Waals surface area contributed by atoms with E-state index < -0.39 is 0 Å². The Morgan fingerprint density at radius 2 is 2.16 bits per heavy atom. The van der Waals surface area contributed by atoms with Gasteiger partial charge in [-0.2, -0.15) is 5.10 Å². The van der Waals surface area contributed by atoms with Gasteiger partial charge in [0, 0.05) is 22.6 Å². The molecular formula is C14H11ClFN3. The number of rotatable bonds is 3. The number of benzene rings is 2. The number of anilines is 1. The SMILES string of the molecule is Fc1ccc(CNc2cccc3[nH]ncc23)c(Cl)c1. The maximum atomic E-state index is 13.0. The zero-order valence-corrected chi connectivity index (χ0v) is 10.7. The van der Waals surface area contributed by atoms with E-state index in [0.29, 0.717) is 11.6 Å². The summed E-state index contributed by atoms with van der Waals surface area (Å²) in [5.41, 5.74) is 2.78. The highest BCUT2D eigenvalue weighted by atomic mass is 35.5. The summed E-state index contributed by atoms with van der Waals surface area (Å²) in [7, 11) is 0. The van der Waals surface area contributed by atoms with Crippen molar-refractivity contribution in [1.82, 2.24) is 10.2 Å². The summed E-state index contributed by atoms with van der Waals surface area (Å²) < 4.78 is 13.0. The van der Waals surface area contributed by atoms with Crippen LogP contribution in [0.2, 0.25) is 5.02 Å². The van der Waals surface area contributed by atoms with Crippen molar-refractivity contribution in [2.45, 2.75) is 6.54 Å². The molecule has 19 heavy (non-hydrogen) atoms. The predicted molar refractivity (Wildman–Crippen MR) is 74.8 cm³/mol. The van der Waals surface area contributed by atoms with Crippen LogP contribution < -0.4 is 5.32 Å². The molecule has 3 nitrogen and oxygen atoms in total. The topological polar surface area (TPSA) is 40.7 Å². The van der Waals surface area contributed by atoms with Crippen molar-refractivity contribution in [3.05, 3.63) is 59.0 Å². The van der Waals surface area contributed by atoms with Crippen molar-refractivity contribution in [3.63, 3.8) is 0 Å². The van der Waals surface area contributed by atoms with Crippen LogP contribution in [-0.4, -0.2) is 10.2 Å². The van der Waals surface area contributed by atoms with Crippen molar-refractivity contribution in [3.8, 4) is 0 Å². The smallest absolute Gasteiger partial charge is 0.124 e. The molecule has 0 amide bonds. The van der Waals surface area contributed by atoms with Gasteiger partial charge in [0.25, 0.3) is 0 Å². The van der Waals surface area contributed by atoms with Gasteiger partial charge < -0.3 is 5.32 Å². The van der Waals surface area contributed by atoms with E-state index in [2.05, 4.69) is 15.5 Å². The monoisotopic (exact) mass is 275 g/mol. The number of aromatic amines is 1. The minimum atomic E-state index is -0.328. The highest BCUT2D eigenvalue weighted by Gasteiger charge is 2.05. The first-order chi connectivity index (χ1) is 9.24. The van der Waals surface area contributed by atoms with Gasteiger partial charge in [-0.1, -0.05) is 23.7 Å². The lowest BCUT2D eigenvalue weighted by molar-refractivity contribution is 0.627. The number of hydrogen-bond donors (Lipinski definition) is 2. The average molecular weight is 276 g/mol. The Kier molecular flexibility index (Phi) is 3.09. The fraction of sp³-hybridized carbons (Fsp3) is 0.0714. The van der Waals surface area contributed by atoms with E-state index in [1.165, 1.54) is 12.1 Å². The molecule has 5 heteroatoms. The van der Waals surface area contributed by atoms with Crippen LogP contribution >= 0.6 is 11.6 Å². The van der Waals surface area contributed by atoms with Crippen LogP contribution in [0.5, 0.6) is 0 Å². The Morgan fingerprint density at radius 3 is 3.00 bits per heavy atom. The molecule has 3 aromatic rings. The molecule has 0 bridgehead atoms. The lowest BCUT2D eigenvalue weighted by Gasteiger charge is -2.09. The minimum absolute atomic E-state index is 0.328. The zero-order valence-electron chi connectivity index (χ0n) is 9.95. The summed E-state index contributed by atoms with van der Waals surface area (Å²) in [5.74, 6) is -0.328. The van der Waals surface area contributed by atoms with Crippen LogP contribution in [-0.2, 0) is 6.54 Å². The van der Waals surface area contributed by atoms with Crippen LogP contribution in [0.4, 0.5) is 10.1 Å². The average Bonchev–Trinajstić information content (AvgIpc) is 2.86. The van der Waals surface area contributed by atoms with Gasteiger partial charge in [0.1, 0.15) is 5.82 Å². The number of H-pyrrole nitrogens is 1. The third-order valence-corrected chi connectivity index (χ3v) is 3.32. The molecule has 0 saturated carbocycles. The summed E-state index contributed by atoms with van der Waals surface area (Å²) in [6.45, 7) is 0.531. The number of nitrogens with one attached hydrogen (secondary N) is 2. The maximum absolute atomic E-state index is 13.0.